The largest absolute Gasteiger partial charge is 0.345 e. The number of halogens is 1. The molecule has 1 unspecified atom stereocenters. The number of rotatable bonds is 6. The van der Waals surface area contributed by atoms with Crippen molar-refractivity contribution in [3.05, 3.63) is 58.6 Å². The van der Waals surface area contributed by atoms with Gasteiger partial charge >= 0.3 is 0 Å². The summed E-state index contributed by atoms with van der Waals surface area (Å²) >= 11 is 6.07. The fourth-order valence-electron chi connectivity index (χ4n) is 2.37. The van der Waals surface area contributed by atoms with E-state index in [4.69, 9.17) is 16.7 Å². The predicted octanol–water partition coefficient (Wildman–Crippen LogP) is 1.73. The van der Waals surface area contributed by atoms with Gasteiger partial charge in [0, 0.05) is 14.1 Å². The Balaban J connectivity index is 2.33. The molecule has 0 spiro atoms. The maximum atomic E-state index is 12.6. The summed E-state index contributed by atoms with van der Waals surface area (Å²) in [6, 6.07) is 9.10. The van der Waals surface area contributed by atoms with Gasteiger partial charge in [0.2, 0.25) is 20.0 Å². The predicted molar refractivity (Wildman–Crippen MR) is 106 cm³/mol. The molecule has 0 radical (unpaired) electrons. The highest BCUT2D eigenvalue weighted by molar-refractivity contribution is 7.89. The van der Waals surface area contributed by atoms with Gasteiger partial charge in [0.15, 0.2) is 0 Å². The summed E-state index contributed by atoms with van der Waals surface area (Å²) < 4.78 is 48.6. The summed E-state index contributed by atoms with van der Waals surface area (Å²) in [7, 11) is -4.86. The number of carbonyl (C=O) groups excluding carboxylic acids is 1. The molecule has 8 nitrogen and oxygen atoms in total. The summed E-state index contributed by atoms with van der Waals surface area (Å²) in [4.78, 5) is 12.5. The Kier molecular flexibility index (Phi) is 6.51. The van der Waals surface area contributed by atoms with Crippen LogP contribution in [0.2, 0.25) is 5.02 Å². The van der Waals surface area contributed by atoms with Crippen molar-refractivity contribution in [2.45, 2.75) is 22.8 Å². The Labute approximate surface area is 169 Å². The van der Waals surface area contributed by atoms with Gasteiger partial charge in [0.05, 0.1) is 26.4 Å². The van der Waals surface area contributed by atoms with E-state index in [2.05, 4.69) is 5.32 Å². The molecule has 0 aliphatic carbocycles. The first kappa shape index (κ1) is 22.3. The molecule has 0 aliphatic rings. The minimum atomic E-state index is -3.88. The molecule has 0 saturated carbocycles. The SMILES string of the molecule is CC(NC(=O)c1cc(S(=O)(=O)N(C)C)ccc1Cl)c1cccc(S(N)(=O)=O)c1. The van der Waals surface area contributed by atoms with Crippen LogP contribution in [0.15, 0.2) is 52.3 Å². The number of nitrogens with two attached hydrogens (primary N) is 1. The summed E-state index contributed by atoms with van der Waals surface area (Å²) in [5.41, 5.74) is 0.493. The number of hydrogen-bond donors (Lipinski definition) is 2. The molecule has 2 aromatic carbocycles. The van der Waals surface area contributed by atoms with Crippen LogP contribution >= 0.6 is 11.6 Å². The number of primary sulfonamides is 1. The zero-order chi connectivity index (χ0) is 21.3. The van der Waals surface area contributed by atoms with Gasteiger partial charge in [-0.1, -0.05) is 23.7 Å². The van der Waals surface area contributed by atoms with Crippen molar-refractivity contribution in [2.24, 2.45) is 5.14 Å². The fraction of sp³-hybridized carbons (Fsp3) is 0.235. The number of benzene rings is 2. The summed E-state index contributed by atoms with van der Waals surface area (Å²) in [6.07, 6.45) is 0. The topological polar surface area (TPSA) is 127 Å². The summed E-state index contributed by atoms with van der Waals surface area (Å²) in [5.74, 6) is -0.602. The van der Waals surface area contributed by atoms with Crippen LogP contribution in [0, 0.1) is 0 Å². The second-order valence-electron chi connectivity index (χ2n) is 6.24. The number of nitrogens with one attached hydrogen (secondary N) is 1. The quantitative estimate of drug-likeness (QED) is 0.700. The molecule has 0 fully saturated rings. The molecule has 152 valence electrons. The Morgan fingerprint density at radius 2 is 1.71 bits per heavy atom. The van der Waals surface area contributed by atoms with Crippen LogP contribution in [0.1, 0.15) is 28.9 Å². The molecule has 2 aromatic rings. The third-order valence-electron chi connectivity index (χ3n) is 4.00. The number of nitrogens with zero attached hydrogens (tertiary/aromatic N) is 1. The average Bonchev–Trinajstić information content (AvgIpc) is 2.61. The molecule has 28 heavy (non-hydrogen) atoms. The lowest BCUT2D eigenvalue weighted by Crippen LogP contribution is -2.28. The maximum Gasteiger partial charge on any atom is 0.253 e. The van der Waals surface area contributed by atoms with Gasteiger partial charge in [-0.25, -0.2) is 26.3 Å². The second kappa shape index (κ2) is 8.18. The lowest BCUT2D eigenvalue weighted by molar-refractivity contribution is 0.0940. The third kappa shape index (κ3) is 4.89. The lowest BCUT2D eigenvalue weighted by Gasteiger charge is -2.17. The Morgan fingerprint density at radius 1 is 1.07 bits per heavy atom. The van der Waals surface area contributed by atoms with Gasteiger partial charge in [-0.3, -0.25) is 4.79 Å². The van der Waals surface area contributed by atoms with Crippen molar-refractivity contribution in [3.8, 4) is 0 Å². The van der Waals surface area contributed by atoms with E-state index in [0.29, 0.717) is 5.56 Å². The Bertz CT molecular complexity index is 1120. The van der Waals surface area contributed by atoms with E-state index in [1.165, 1.54) is 50.5 Å². The fourth-order valence-corrected chi connectivity index (χ4v) is 4.07. The van der Waals surface area contributed by atoms with Crippen molar-refractivity contribution in [1.29, 1.82) is 0 Å². The lowest BCUT2D eigenvalue weighted by atomic mass is 10.1. The number of carbonyl (C=O) groups is 1. The second-order valence-corrected chi connectivity index (χ2v) is 10.4. The van der Waals surface area contributed by atoms with E-state index in [9.17, 15) is 21.6 Å². The summed E-state index contributed by atoms with van der Waals surface area (Å²) in [5, 5.41) is 7.88. The molecule has 3 N–H and O–H groups in total. The third-order valence-corrected chi connectivity index (χ3v) is 7.05. The van der Waals surface area contributed by atoms with Crippen LogP contribution in [-0.2, 0) is 20.0 Å². The van der Waals surface area contributed by atoms with Crippen LogP contribution in [-0.4, -0.2) is 41.1 Å². The molecule has 0 aromatic heterocycles. The van der Waals surface area contributed by atoms with Gasteiger partial charge in [-0.15, -0.1) is 0 Å². The number of sulfonamides is 2. The molecule has 1 atom stereocenters. The smallest absolute Gasteiger partial charge is 0.253 e. The van der Waals surface area contributed by atoms with Crippen molar-refractivity contribution in [2.75, 3.05) is 14.1 Å². The van der Waals surface area contributed by atoms with Crippen molar-refractivity contribution in [3.63, 3.8) is 0 Å². The molecule has 1 amide bonds. The monoisotopic (exact) mass is 445 g/mol. The van der Waals surface area contributed by atoms with Crippen molar-refractivity contribution in [1.82, 2.24) is 9.62 Å². The minimum absolute atomic E-state index is 0.0148. The van der Waals surface area contributed by atoms with E-state index in [0.717, 1.165) is 4.31 Å². The number of hydrogen-bond acceptors (Lipinski definition) is 5. The van der Waals surface area contributed by atoms with E-state index in [1.807, 2.05) is 0 Å². The average molecular weight is 446 g/mol. The van der Waals surface area contributed by atoms with Crippen molar-refractivity contribution >= 4 is 37.6 Å². The van der Waals surface area contributed by atoms with Crippen LogP contribution < -0.4 is 10.5 Å². The zero-order valence-corrected chi connectivity index (χ0v) is 17.8. The highest BCUT2D eigenvalue weighted by Gasteiger charge is 2.22. The van der Waals surface area contributed by atoms with Crippen LogP contribution in [0.5, 0.6) is 0 Å². The van der Waals surface area contributed by atoms with E-state index < -0.39 is 32.0 Å². The first-order valence-electron chi connectivity index (χ1n) is 7.99. The van der Waals surface area contributed by atoms with E-state index in [1.54, 1.807) is 13.0 Å². The van der Waals surface area contributed by atoms with Gasteiger partial charge in [-0.2, -0.15) is 0 Å². The number of amides is 1. The van der Waals surface area contributed by atoms with Gasteiger partial charge in [-0.05, 0) is 42.8 Å². The van der Waals surface area contributed by atoms with Crippen molar-refractivity contribution < 1.29 is 21.6 Å². The molecule has 0 saturated heterocycles. The standard InChI is InChI=1S/C17H20ClN3O5S2/c1-11(12-5-4-6-13(9-12)27(19,23)24)20-17(22)15-10-14(7-8-16(15)18)28(25,26)21(2)3/h4-11H,1-3H3,(H,20,22)(H2,19,23,24). The zero-order valence-electron chi connectivity index (χ0n) is 15.4. The molecule has 2 rings (SSSR count). The molecule has 0 heterocycles. The molecular formula is C17H20ClN3O5S2. The van der Waals surface area contributed by atoms with E-state index in [-0.39, 0.29) is 20.4 Å². The highest BCUT2D eigenvalue weighted by Crippen LogP contribution is 2.23. The minimum Gasteiger partial charge on any atom is -0.345 e. The van der Waals surface area contributed by atoms with Crippen LogP contribution in [0.25, 0.3) is 0 Å². The van der Waals surface area contributed by atoms with Gasteiger partial charge < -0.3 is 5.32 Å². The van der Waals surface area contributed by atoms with Crippen LogP contribution in [0.3, 0.4) is 0 Å². The van der Waals surface area contributed by atoms with Gasteiger partial charge in [0.25, 0.3) is 5.91 Å². The normalized spacial score (nSPS) is 13.4. The van der Waals surface area contributed by atoms with Crippen LogP contribution in [0.4, 0.5) is 0 Å². The van der Waals surface area contributed by atoms with E-state index >= 15 is 0 Å². The maximum absolute atomic E-state index is 12.6. The van der Waals surface area contributed by atoms with Gasteiger partial charge in [0.1, 0.15) is 0 Å². The molecular weight excluding hydrogens is 426 g/mol. The molecule has 0 aliphatic heterocycles. The molecule has 0 bridgehead atoms. The molecule has 11 heteroatoms. The first-order chi connectivity index (χ1) is 12.8. The first-order valence-corrected chi connectivity index (χ1v) is 11.4. The Morgan fingerprint density at radius 3 is 2.29 bits per heavy atom. The Hall–Kier alpha value is -1.98. The highest BCUT2D eigenvalue weighted by atomic mass is 35.5. The summed E-state index contributed by atoms with van der Waals surface area (Å²) in [6.45, 7) is 1.65.